The maximum Gasteiger partial charge on any atom is 0.410 e. The Bertz CT molecular complexity index is 3740. The molecular weight excluding hydrogens is 1840 g/mol. The number of carbonyl (C=O) groups is 8. The molecule has 1 aromatic heterocycles. The third-order valence-corrected chi connectivity index (χ3v) is 35.5. The number of piperidine rings is 8. The largest absolute Gasteiger partial charge is 0.448 e. The Morgan fingerprint density at radius 3 is 0.786 bits per heavy atom. The first-order valence-electron chi connectivity index (χ1n) is 57.4. The van der Waals surface area contributed by atoms with Gasteiger partial charge in [0.15, 0.2) is 0 Å². The van der Waals surface area contributed by atoms with Gasteiger partial charge in [-0.1, -0.05) is 6.07 Å². The molecule has 17 heterocycles. The molecule has 0 spiro atoms. The highest BCUT2D eigenvalue weighted by atomic mass is 16.6. The minimum Gasteiger partial charge on any atom is -0.448 e. The molecule has 2 unspecified atom stereocenters. The topological polar surface area (TPSA) is 299 Å². The number of hydrogen-bond acceptors (Lipinski definition) is 23. The molecule has 16 aliphatic heterocycles. The van der Waals surface area contributed by atoms with Crippen molar-refractivity contribution in [3.63, 3.8) is 0 Å². The molecule has 17 aliphatic rings. The van der Waals surface area contributed by atoms with E-state index in [2.05, 4.69) is 141 Å². The normalized spacial score (nSPS) is 27.1. The van der Waals surface area contributed by atoms with Crippen molar-refractivity contribution in [2.45, 2.75) is 293 Å². The predicted octanol–water partition coefficient (Wildman–Crippen LogP) is 13.0. The Labute approximate surface area is 874 Å². The summed E-state index contributed by atoms with van der Waals surface area (Å²) in [6, 6.07) is 9.73. The molecule has 828 valence electrons. The van der Waals surface area contributed by atoms with Crippen molar-refractivity contribution >= 4 is 48.5 Å². The van der Waals surface area contributed by atoms with Gasteiger partial charge in [0.05, 0.1) is 12.3 Å². The fourth-order valence-corrected chi connectivity index (χ4v) is 26.3. The number of methoxy groups -OCH3 is 1. The molecular formula is C110H200N22O13. The Hall–Kier alpha value is -7.09. The van der Waals surface area contributed by atoms with Crippen LogP contribution in [0, 0.1) is 47.3 Å². The highest BCUT2D eigenvalue weighted by Gasteiger charge is 2.45. The fraction of sp³-hybridized carbons (Fsp3) is 0.882. The van der Waals surface area contributed by atoms with Gasteiger partial charge in [-0.25, -0.2) is 38.4 Å². The van der Waals surface area contributed by atoms with E-state index in [-0.39, 0.29) is 61.2 Å². The van der Waals surface area contributed by atoms with Gasteiger partial charge in [0.2, 0.25) is 0 Å². The Balaban J connectivity index is 0.000000158. The van der Waals surface area contributed by atoms with Gasteiger partial charge in [0.1, 0.15) is 25.9 Å². The van der Waals surface area contributed by atoms with Crippen LogP contribution in [0.15, 0.2) is 24.4 Å². The van der Waals surface area contributed by atoms with Crippen LogP contribution < -0.4 is 21.3 Å². The lowest BCUT2D eigenvalue weighted by Gasteiger charge is -2.37. The van der Waals surface area contributed by atoms with E-state index in [1.807, 2.05) is 63.7 Å². The van der Waals surface area contributed by atoms with Gasteiger partial charge < -0.3 is 128 Å². The predicted molar refractivity (Wildman–Crippen MR) is 574 cm³/mol. The zero-order chi connectivity index (χ0) is 104. The molecule has 8 atom stereocenters. The minimum absolute atomic E-state index is 0.0360. The van der Waals surface area contributed by atoms with Crippen molar-refractivity contribution in [1.82, 2.24) is 110 Å². The summed E-state index contributed by atoms with van der Waals surface area (Å²) >= 11 is 0. The van der Waals surface area contributed by atoms with Crippen LogP contribution in [0.2, 0.25) is 0 Å². The summed E-state index contributed by atoms with van der Waals surface area (Å²) in [6.07, 6.45) is 43.0. The molecule has 4 N–H and O–H groups in total. The second-order valence-electron chi connectivity index (χ2n) is 45.7. The van der Waals surface area contributed by atoms with Crippen molar-refractivity contribution in [2.24, 2.45) is 47.3 Å². The molecule has 35 nitrogen and oxygen atoms in total. The van der Waals surface area contributed by atoms with E-state index in [4.69, 9.17) is 23.7 Å². The lowest BCUT2D eigenvalue weighted by Crippen LogP contribution is -2.47. The van der Waals surface area contributed by atoms with Crippen molar-refractivity contribution in [2.75, 3.05) is 289 Å². The molecule has 35 heteroatoms. The molecule has 1 aromatic rings. The summed E-state index contributed by atoms with van der Waals surface area (Å²) < 4.78 is 26.6. The fourth-order valence-electron chi connectivity index (χ4n) is 26.3. The lowest BCUT2D eigenvalue weighted by molar-refractivity contribution is 0.0163. The molecule has 0 radical (unpaired) electrons. The van der Waals surface area contributed by atoms with Crippen LogP contribution in [-0.4, -0.2) is 480 Å². The first kappa shape index (κ1) is 118. The summed E-state index contributed by atoms with van der Waals surface area (Å²) in [5.41, 5.74) is 0.797. The van der Waals surface area contributed by atoms with Gasteiger partial charge in [0.25, 0.3) is 0 Å². The molecule has 1 saturated carbocycles. The Morgan fingerprint density at radius 1 is 0.303 bits per heavy atom. The number of likely N-dealkylation sites (N-methyl/N-ethyl adjacent to an activating group) is 1. The number of hydrogen-bond donors (Lipinski definition) is 4. The summed E-state index contributed by atoms with van der Waals surface area (Å²) in [4.78, 5) is 138. The van der Waals surface area contributed by atoms with Crippen LogP contribution in [0.1, 0.15) is 237 Å². The number of likely N-dealkylation sites (tertiary alicyclic amines) is 16. The number of urea groups is 4. The van der Waals surface area contributed by atoms with Crippen molar-refractivity contribution in [3.05, 3.63) is 30.1 Å². The smallest absolute Gasteiger partial charge is 0.410 e. The molecule has 17 fully saturated rings. The quantitative estimate of drug-likeness (QED) is 0.0784. The Kier molecular flexibility index (Phi) is 51.1. The van der Waals surface area contributed by atoms with Crippen LogP contribution in [-0.2, 0) is 30.3 Å². The Morgan fingerprint density at radius 2 is 0.552 bits per heavy atom. The maximum absolute atomic E-state index is 12.4. The molecule has 0 aromatic carbocycles. The maximum atomic E-state index is 12.4. The van der Waals surface area contributed by atoms with Crippen molar-refractivity contribution in [1.29, 1.82) is 0 Å². The second-order valence-corrected chi connectivity index (χ2v) is 45.7. The van der Waals surface area contributed by atoms with Gasteiger partial charge in [-0.2, -0.15) is 0 Å². The molecule has 16 saturated heterocycles. The highest BCUT2D eigenvalue weighted by molar-refractivity contribution is 5.76. The van der Waals surface area contributed by atoms with Crippen LogP contribution in [0.5, 0.6) is 0 Å². The zero-order valence-corrected chi connectivity index (χ0v) is 92.9. The summed E-state index contributed by atoms with van der Waals surface area (Å²) in [5.74, 6) is 5.50. The van der Waals surface area contributed by atoms with Gasteiger partial charge >= 0.3 is 48.5 Å². The number of rotatable bonds is 18. The van der Waals surface area contributed by atoms with E-state index in [1.165, 1.54) is 232 Å². The lowest BCUT2D eigenvalue weighted by atomic mass is 9.88. The van der Waals surface area contributed by atoms with Gasteiger partial charge in [-0.15, -0.1) is 0 Å². The van der Waals surface area contributed by atoms with Crippen LogP contribution in [0.4, 0.5) is 38.4 Å². The standard InChI is InChI=1S/C17H25N3O2.C15H29N3O2.C15H26N2O2.C14H26N2O3.C13H25N3O.3C12H23N3O/c1-19-11-7-14(8-12-19)16-6-4-10-20(16)17(21)22-13-15-5-2-3-9-18-15;1-16(2)11-12-20-15(19)18-8-4-5-14(18)13-6-9-17(3)10-7-13;1-16-10-7-12(8-11-16)14-6-3-9-17(14)15(18)19-13-4-2-5-13;1-15-8-5-12(6-9-15)13-4-3-7-16(13)14(17)19-11-10-18-2;1-3-14-13(17)16-8-4-5-12(16)11-6-9-15(2)10-7-11;3*1-13-12(16)15-7-3-4-11(15)10-5-8-14(2)9-6-10/h2-3,5,9,14,16H,4,6-8,10-13H2,1H3;13-14H,4-12H2,1-3H3;12-14H,2-11H2,1H3;12-13H,3-11H2,1-2H3;11-12H,3-10H2,1-2H3,(H,14,17);3*10-11H,3-9H2,1-2H3,(H,13,16)/t16-;2*14-;13-;;2*11-;/m0000.10./s1. The third kappa shape index (κ3) is 36.9. The first-order valence-corrected chi connectivity index (χ1v) is 57.4. The number of pyridine rings is 1. The highest BCUT2D eigenvalue weighted by Crippen LogP contribution is 2.40. The number of carbonyl (C=O) groups excluding carboxylic acids is 8. The van der Waals surface area contributed by atoms with Crippen LogP contribution in [0.3, 0.4) is 0 Å². The number of nitrogens with zero attached hydrogens (tertiary/aromatic N) is 18. The van der Waals surface area contributed by atoms with Crippen LogP contribution >= 0.6 is 0 Å². The van der Waals surface area contributed by atoms with E-state index >= 15 is 0 Å². The minimum atomic E-state index is -0.174. The number of aromatic nitrogens is 1. The average Bonchev–Trinajstić information content (AvgIpc) is 1.69. The van der Waals surface area contributed by atoms with Gasteiger partial charge in [-0.3, -0.25) is 4.98 Å². The van der Waals surface area contributed by atoms with Crippen molar-refractivity contribution < 1.29 is 62.0 Å². The van der Waals surface area contributed by atoms with Gasteiger partial charge in [0, 0.05) is 148 Å². The second kappa shape index (κ2) is 62.7. The number of amides is 12. The van der Waals surface area contributed by atoms with E-state index in [1.54, 1.807) is 34.4 Å². The van der Waals surface area contributed by atoms with E-state index < -0.39 is 0 Å². The summed E-state index contributed by atoms with van der Waals surface area (Å²) in [7, 11) is 28.2. The number of ether oxygens (including phenoxy) is 5. The van der Waals surface area contributed by atoms with Crippen molar-refractivity contribution in [3.8, 4) is 0 Å². The average molecular weight is 2040 g/mol. The van der Waals surface area contributed by atoms with E-state index in [0.717, 1.165) is 192 Å². The molecule has 18 rings (SSSR count). The molecule has 145 heavy (non-hydrogen) atoms. The number of nitrogens with one attached hydrogen (secondary N) is 4. The SMILES string of the molecule is CCNC(=O)N1CCCC1C1CCN(C)CC1.CN(C)CCOC(=O)N1CCC[C@H]1C1CCN(C)CC1.CN1CCC([C@@H]2CCCN2C(=O)OC2CCC2)CC1.CN1CCC([C@@H]2CCCN2C(=O)OCc2ccccn2)CC1.CNC(=O)N1CCCC1C1CCN(C)CC1.CNC(=O)N1CCC[C@@H]1C1CCN(C)CC1.CNC(=O)N1CCC[C@H]1C1CCN(C)CC1.COCCOC(=O)N1CCC[C@H]1C1CCN(C)CC1. The zero-order valence-electron chi connectivity index (χ0n) is 92.9. The molecule has 12 amide bonds. The van der Waals surface area contributed by atoms with E-state index in [0.29, 0.717) is 91.8 Å². The third-order valence-electron chi connectivity index (χ3n) is 35.5. The first-order chi connectivity index (χ1) is 70.1. The summed E-state index contributed by atoms with van der Waals surface area (Å²) in [5, 5.41) is 11.2. The van der Waals surface area contributed by atoms with Crippen LogP contribution in [0.25, 0.3) is 0 Å². The summed E-state index contributed by atoms with van der Waals surface area (Å²) in [6.45, 7) is 31.0. The molecule has 0 bridgehead atoms. The molecule has 1 aliphatic carbocycles. The monoisotopic (exact) mass is 2040 g/mol. The van der Waals surface area contributed by atoms with E-state index in [9.17, 15) is 38.4 Å². The van der Waals surface area contributed by atoms with Gasteiger partial charge in [-0.05, 0) is 466 Å².